The molecule has 170 valence electrons. The van der Waals surface area contributed by atoms with Crippen molar-refractivity contribution in [2.24, 2.45) is 11.8 Å². The summed E-state index contributed by atoms with van der Waals surface area (Å²) in [5, 5.41) is 10.8. The third-order valence-electron chi connectivity index (χ3n) is 6.20. The van der Waals surface area contributed by atoms with Crippen LogP contribution in [0.15, 0.2) is 51.8 Å². The molecule has 6 nitrogen and oxygen atoms in total. The van der Waals surface area contributed by atoms with Crippen molar-refractivity contribution in [1.29, 1.82) is 0 Å². The molecular formula is C25H29NO5S. The Bertz CT molecular complexity index is 1270. The smallest absolute Gasteiger partial charge is 0.322 e. The molecule has 1 heterocycles. The van der Waals surface area contributed by atoms with Crippen LogP contribution in [0, 0.1) is 11.8 Å². The molecule has 0 saturated heterocycles. The molecule has 1 saturated carbocycles. The van der Waals surface area contributed by atoms with Crippen LogP contribution in [-0.2, 0) is 14.8 Å². The molecule has 4 rings (SSSR count). The summed E-state index contributed by atoms with van der Waals surface area (Å²) in [7, 11) is -4.00. The average Bonchev–Trinajstić information content (AvgIpc) is 3.13. The van der Waals surface area contributed by atoms with Gasteiger partial charge in [-0.2, -0.15) is 4.72 Å². The van der Waals surface area contributed by atoms with Gasteiger partial charge >= 0.3 is 5.97 Å². The van der Waals surface area contributed by atoms with Crippen molar-refractivity contribution in [2.75, 3.05) is 0 Å². The lowest BCUT2D eigenvalue weighted by Gasteiger charge is -2.18. The van der Waals surface area contributed by atoms with Gasteiger partial charge in [0, 0.05) is 10.8 Å². The normalized spacial score (nSPS) is 17.0. The van der Waals surface area contributed by atoms with Crippen LogP contribution in [0.2, 0.25) is 0 Å². The maximum absolute atomic E-state index is 12.8. The Hall–Kier alpha value is -2.64. The van der Waals surface area contributed by atoms with Crippen LogP contribution in [0.4, 0.5) is 0 Å². The predicted octanol–water partition coefficient (Wildman–Crippen LogP) is 5.57. The fourth-order valence-corrected chi connectivity index (χ4v) is 5.69. The van der Waals surface area contributed by atoms with Crippen molar-refractivity contribution in [3.8, 4) is 0 Å². The van der Waals surface area contributed by atoms with E-state index in [1.54, 1.807) is 26.0 Å². The third kappa shape index (κ3) is 4.74. The molecule has 1 aromatic heterocycles. The van der Waals surface area contributed by atoms with Crippen LogP contribution in [-0.4, -0.2) is 25.5 Å². The van der Waals surface area contributed by atoms with Crippen molar-refractivity contribution < 1.29 is 22.7 Å². The predicted molar refractivity (Wildman–Crippen MR) is 126 cm³/mol. The zero-order valence-electron chi connectivity index (χ0n) is 18.4. The first-order valence-electron chi connectivity index (χ1n) is 11.1. The minimum atomic E-state index is -4.00. The SMILES string of the molecule is CC(C)[C@@H](NS(=O)(=O)c1ccc2oc3cc(C=CC4CCCCC4)ccc3c2c1)C(=O)O. The second-order valence-electron chi connectivity index (χ2n) is 8.95. The molecule has 1 fully saturated rings. The van der Waals surface area contributed by atoms with E-state index in [1.165, 1.54) is 38.2 Å². The number of allylic oxidation sites excluding steroid dienone is 1. The van der Waals surface area contributed by atoms with Gasteiger partial charge in [-0.25, -0.2) is 8.42 Å². The summed E-state index contributed by atoms with van der Waals surface area (Å²) in [6.45, 7) is 3.32. The molecule has 0 unspecified atom stereocenters. The number of sulfonamides is 1. The van der Waals surface area contributed by atoms with Crippen LogP contribution in [0.1, 0.15) is 51.5 Å². The fourth-order valence-electron chi connectivity index (χ4n) is 4.32. The monoisotopic (exact) mass is 455 g/mol. The summed E-state index contributed by atoms with van der Waals surface area (Å²) in [5.74, 6) is -0.955. The summed E-state index contributed by atoms with van der Waals surface area (Å²) in [5.41, 5.74) is 2.34. The first-order chi connectivity index (χ1) is 15.2. The Labute approximate surface area is 188 Å². The van der Waals surface area contributed by atoms with Gasteiger partial charge in [0.05, 0.1) is 4.90 Å². The van der Waals surface area contributed by atoms with Crippen molar-refractivity contribution in [1.82, 2.24) is 4.72 Å². The van der Waals surface area contributed by atoms with E-state index in [0.717, 1.165) is 10.9 Å². The molecule has 2 aromatic carbocycles. The van der Waals surface area contributed by atoms with Gasteiger partial charge in [0.1, 0.15) is 17.2 Å². The average molecular weight is 456 g/mol. The van der Waals surface area contributed by atoms with Crippen LogP contribution in [0.5, 0.6) is 0 Å². The quantitative estimate of drug-likeness (QED) is 0.486. The highest BCUT2D eigenvalue weighted by Crippen LogP contribution is 2.32. The number of nitrogens with one attached hydrogen (secondary N) is 1. The second-order valence-corrected chi connectivity index (χ2v) is 10.7. The number of rotatable bonds is 7. The van der Waals surface area contributed by atoms with Gasteiger partial charge in [0.15, 0.2) is 0 Å². The second kappa shape index (κ2) is 9.08. The lowest BCUT2D eigenvalue weighted by Crippen LogP contribution is -2.44. The fraction of sp³-hybridized carbons (Fsp3) is 0.400. The number of fused-ring (bicyclic) bond motifs is 3. The number of aliphatic carboxylic acids is 1. The molecule has 0 amide bonds. The van der Waals surface area contributed by atoms with E-state index in [-0.39, 0.29) is 10.8 Å². The van der Waals surface area contributed by atoms with Crippen molar-refractivity contribution in [3.63, 3.8) is 0 Å². The van der Waals surface area contributed by atoms with Crippen LogP contribution in [0.3, 0.4) is 0 Å². The molecule has 0 bridgehead atoms. The van der Waals surface area contributed by atoms with Crippen LogP contribution in [0.25, 0.3) is 28.0 Å². The van der Waals surface area contributed by atoms with Gasteiger partial charge < -0.3 is 9.52 Å². The molecular weight excluding hydrogens is 426 g/mol. The molecule has 7 heteroatoms. The highest BCUT2D eigenvalue weighted by atomic mass is 32.2. The summed E-state index contributed by atoms with van der Waals surface area (Å²) in [6, 6.07) is 9.33. The number of carbonyl (C=O) groups is 1. The Balaban J connectivity index is 1.64. The van der Waals surface area contributed by atoms with Gasteiger partial charge in [-0.1, -0.05) is 51.3 Å². The summed E-state index contributed by atoms with van der Waals surface area (Å²) in [6.07, 6.45) is 10.8. The van der Waals surface area contributed by atoms with E-state index in [0.29, 0.717) is 22.5 Å². The highest BCUT2D eigenvalue weighted by Gasteiger charge is 2.28. The Morgan fingerprint density at radius 3 is 2.50 bits per heavy atom. The number of benzene rings is 2. The Kier molecular flexibility index (Phi) is 6.40. The van der Waals surface area contributed by atoms with Crippen molar-refractivity contribution in [2.45, 2.75) is 56.9 Å². The lowest BCUT2D eigenvalue weighted by atomic mass is 9.89. The standard InChI is InChI=1S/C25H29NO5S/c1-16(2)24(25(27)28)26-32(29,30)19-11-13-22-21(15-19)20-12-10-18(14-23(20)31-22)9-8-17-6-4-3-5-7-17/h8-17,24,26H,3-7H2,1-2H3,(H,27,28)/t24-/m1/s1. The number of hydrogen-bond acceptors (Lipinski definition) is 4. The van der Waals surface area contributed by atoms with Crippen molar-refractivity contribution >= 4 is 44.0 Å². The first-order valence-corrected chi connectivity index (χ1v) is 12.6. The minimum Gasteiger partial charge on any atom is -0.480 e. The Morgan fingerprint density at radius 1 is 1.06 bits per heavy atom. The van der Waals surface area contributed by atoms with Gasteiger partial charge in [-0.3, -0.25) is 4.79 Å². The number of hydrogen-bond donors (Lipinski definition) is 2. The summed E-state index contributed by atoms with van der Waals surface area (Å²) >= 11 is 0. The zero-order valence-corrected chi connectivity index (χ0v) is 19.2. The van der Waals surface area contributed by atoms with Crippen LogP contribution < -0.4 is 4.72 Å². The van der Waals surface area contributed by atoms with E-state index in [1.807, 2.05) is 18.2 Å². The molecule has 0 spiro atoms. The highest BCUT2D eigenvalue weighted by molar-refractivity contribution is 7.89. The third-order valence-corrected chi connectivity index (χ3v) is 7.64. The molecule has 32 heavy (non-hydrogen) atoms. The minimum absolute atomic E-state index is 0.0147. The van der Waals surface area contributed by atoms with E-state index in [4.69, 9.17) is 4.42 Å². The lowest BCUT2D eigenvalue weighted by molar-refractivity contribution is -0.140. The largest absolute Gasteiger partial charge is 0.480 e. The molecule has 0 aliphatic heterocycles. The maximum Gasteiger partial charge on any atom is 0.322 e. The molecule has 0 radical (unpaired) electrons. The van der Waals surface area contributed by atoms with Gasteiger partial charge in [0.2, 0.25) is 10.0 Å². The molecule has 3 aromatic rings. The van der Waals surface area contributed by atoms with Gasteiger partial charge in [0.25, 0.3) is 0 Å². The molecule has 1 aliphatic rings. The zero-order chi connectivity index (χ0) is 22.9. The number of carboxylic acids is 1. The van der Waals surface area contributed by atoms with E-state index < -0.39 is 22.0 Å². The van der Waals surface area contributed by atoms with Crippen molar-refractivity contribution in [3.05, 3.63) is 48.0 Å². The van der Waals surface area contributed by atoms with E-state index in [9.17, 15) is 18.3 Å². The summed E-state index contributed by atoms with van der Waals surface area (Å²) < 4.78 is 33.9. The maximum atomic E-state index is 12.8. The first kappa shape index (κ1) is 22.6. The van der Waals surface area contributed by atoms with E-state index >= 15 is 0 Å². The molecule has 1 aliphatic carbocycles. The Morgan fingerprint density at radius 2 is 1.81 bits per heavy atom. The van der Waals surface area contributed by atoms with E-state index in [2.05, 4.69) is 16.9 Å². The van der Waals surface area contributed by atoms with Crippen LogP contribution >= 0.6 is 0 Å². The van der Waals surface area contributed by atoms with Gasteiger partial charge in [-0.15, -0.1) is 0 Å². The number of carboxylic acid groups (broad SMARTS) is 1. The summed E-state index contributed by atoms with van der Waals surface area (Å²) in [4.78, 5) is 11.4. The number of furan rings is 1. The molecule has 1 atom stereocenters. The topological polar surface area (TPSA) is 96.6 Å². The van der Waals surface area contributed by atoms with Gasteiger partial charge in [-0.05, 0) is 60.6 Å². The molecule has 2 N–H and O–H groups in total.